The third kappa shape index (κ3) is 3.70. The lowest BCUT2D eigenvalue weighted by molar-refractivity contribution is -0.138. The molecule has 4 nitrogen and oxygen atoms in total. The zero-order valence-corrected chi connectivity index (χ0v) is 16.0. The van der Waals surface area contributed by atoms with Gasteiger partial charge in [0.25, 0.3) is 11.8 Å². The van der Waals surface area contributed by atoms with Gasteiger partial charge in [0.05, 0.1) is 23.1 Å². The fourth-order valence-corrected chi connectivity index (χ4v) is 4.42. The summed E-state index contributed by atoms with van der Waals surface area (Å²) in [5.41, 5.74) is 2.39. The fourth-order valence-electron chi connectivity index (χ4n) is 3.39. The zero-order chi connectivity index (χ0) is 18.8. The monoisotopic (exact) mass is 379 g/mol. The normalized spacial score (nSPS) is 20.0. The third-order valence-corrected chi connectivity index (χ3v) is 5.93. The summed E-state index contributed by atoms with van der Waals surface area (Å²) in [6.07, 6.45) is 1.81. The highest BCUT2D eigenvalue weighted by molar-refractivity contribution is 8.04. The van der Waals surface area contributed by atoms with Gasteiger partial charge in [0.1, 0.15) is 0 Å². The van der Waals surface area contributed by atoms with Gasteiger partial charge in [0.2, 0.25) is 0 Å². The summed E-state index contributed by atoms with van der Waals surface area (Å²) in [4.78, 5) is 29.1. The first kappa shape index (κ1) is 18.0. The topological polar surface area (TPSA) is 46.6 Å². The molecule has 138 valence electrons. The van der Waals surface area contributed by atoms with Crippen molar-refractivity contribution in [2.45, 2.75) is 30.8 Å². The van der Waals surface area contributed by atoms with Crippen molar-refractivity contribution >= 4 is 29.1 Å². The Labute approximate surface area is 163 Å². The minimum absolute atomic E-state index is 0.0572. The average molecular weight is 379 g/mol. The van der Waals surface area contributed by atoms with Gasteiger partial charge in [-0.05, 0) is 37.5 Å². The molecule has 2 aliphatic heterocycles. The molecule has 1 unspecified atom stereocenters. The maximum absolute atomic E-state index is 13.2. The number of aryl methyl sites for hydroxylation is 1. The van der Waals surface area contributed by atoms with Crippen LogP contribution in [0, 0.1) is 6.92 Å². The fraction of sp³-hybridized carbons (Fsp3) is 0.273. The van der Waals surface area contributed by atoms with E-state index < -0.39 is 0 Å². The van der Waals surface area contributed by atoms with E-state index in [0.717, 1.165) is 28.9 Å². The van der Waals surface area contributed by atoms with Crippen molar-refractivity contribution in [3.05, 3.63) is 70.6 Å². The van der Waals surface area contributed by atoms with Crippen molar-refractivity contribution in [3.8, 4) is 0 Å². The van der Waals surface area contributed by atoms with E-state index in [-0.39, 0.29) is 17.9 Å². The number of benzene rings is 2. The lowest BCUT2D eigenvalue weighted by Crippen LogP contribution is -2.37. The molecule has 27 heavy (non-hydrogen) atoms. The minimum Gasteiger partial charge on any atom is -0.376 e. The van der Waals surface area contributed by atoms with E-state index >= 15 is 0 Å². The Morgan fingerprint density at radius 2 is 1.78 bits per heavy atom. The van der Waals surface area contributed by atoms with Crippen molar-refractivity contribution in [1.82, 2.24) is 4.90 Å². The van der Waals surface area contributed by atoms with Gasteiger partial charge in [-0.3, -0.25) is 14.5 Å². The molecule has 1 fully saturated rings. The molecule has 0 saturated carbocycles. The number of carbonyl (C=O) groups is 2. The molecule has 4 rings (SSSR count). The van der Waals surface area contributed by atoms with Crippen molar-refractivity contribution in [1.29, 1.82) is 0 Å². The van der Waals surface area contributed by atoms with Crippen LogP contribution in [0.15, 0.2) is 64.4 Å². The number of nitrogens with zero attached hydrogens (tertiary/aromatic N) is 1. The molecule has 0 radical (unpaired) electrons. The van der Waals surface area contributed by atoms with E-state index in [0.29, 0.717) is 23.6 Å². The summed E-state index contributed by atoms with van der Waals surface area (Å²) >= 11 is 1.36. The number of imide groups is 1. The van der Waals surface area contributed by atoms with Crippen molar-refractivity contribution < 1.29 is 14.3 Å². The summed E-state index contributed by atoms with van der Waals surface area (Å²) in [5, 5.41) is 0. The molecule has 5 heteroatoms. The van der Waals surface area contributed by atoms with Gasteiger partial charge < -0.3 is 4.74 Å². The largest absolute Gasteiger partial charge is 0.376 e. The Morgan fingerprint density at radius 3 is 2.44 bits per heavy atom. The Bertz CT molecular complexity index is 884. The van der Waals surface area contributed by atoms with Crippen LogP contribution in [0.5, 0.6) is 0 Å². The van der Waals surface area contributed by atoms with Crippen LogP contribution in [0.4, 0.5) is 0 Å². The maximum Gasteiger partial charge on any atom is 0.268 e. The van der Waals surface area contributed by atoms with Gasteiger partial charge in [0.15, 0.2) is 0 Å². The quantitative estimate of drug-likeness (QED) is 0.736. The number of rotatable bonds is 5. The van der Waals surface area contributed by atoms with Crippen LogP contribution in [-0.4, -0.2) is 36.0 Å². The minimum atomic E-state index is -0.224. The summed E-state index contributed by atoms with van der Waals surface area (Å²) in [5.74, 6) is -0.447. The molecular formula is C22H21NO3S. The van der Waals surface area contributed by atoms with Crippen LogP contribution in [0.2, 0.25) is 0 Å². The molecule has 2 aromatic rings. The highest BCUT2D eigenvalue weighted by atomic mass is 32.2. The molecule has 0 bridgehead atoms. The smallest absolute Gasteiger partial charge is 0.268 e. The van der Waals surface area contributed by atoms with E-state index in [2.05, 4.69) is 0 Å². The molecule has 1 atom stereocenters. The predicted molar refractivity (Wildman–Crippen MR) is 106 cm³/mol. The SMILES string of the molecule is Cc1ccc(C2=C(Sc3ccccc3)C(=O)N(CC3CCCO3)C2=O)cc1. The standard InChI is InChI=1S/C22H21NO3S/c1-15-9-11-16(12-10-15)19-20(27-18-7-3-2-4-8-18)22(25)23(21(19)24)14-17-6-5-13-26-17/h2-4,7-12,17H,5-6,13-14H2,1H3. The number of thioether (sulfide) groups is 1. The lowest BCUT2D eigenvalue weighted by atomic mass is 10.0. The average Bonchev–Trinajstić information content (AvgIpc) is 3.27. The number of amides is 2. The summed E-state index contributed by atoms with van der Waals surface area (Å²) < 4.78 is 5.65. The van der Waals surface area contributed by atoms with Crippen LogP contribution < -0.4 is 0 Å². The molecule has 0 spiro atoms. The van der Waals surface area contributed by atoms with Crippen molar-refractivity contribution in [3.63, 3.8) is 0 Å². The van der Waals surface area contributed by atoms with Crippen LogP contribution >= 0.6 is 11.8 Å². The second kappa shape index (κ2) is 7.71. The van der Waals surface area contributed by atoms with Gasteiger partial charge >= 0.3 is 0 Å². The molecule has 1 saturated heterocycles. The molecule has 2 aromatic carbocycles. The van der Waals surface area contributed by atoms with Crippen LogP contribution in [-0.2, 0) is 14.3 Å². The molecular weight excluding hydrogens is 358 g/mol. The number of hydrogen-bond acceptors (Lipinski definition) is 4. The van der Waals surface area contributed by atoms with Crippen LogP contribution in [0.1, 0.15) is 24.0 Å². The van der Waals surface area contributed by atoms with Gasteiger partial charge in [-0.25, -0.2) is 0 Å². The van der Waals surface area contributed by atoms with Crippen LogP contribution in [0.25, 0.3) is 5.57 Å². The van der Waals surface area contributed by atoms with E-state index in [1.807, 2.05) is 61.5 Å². The number of hydrogen-bond donors (Lipinski definition) is 0. The van der Waals surface area contributed by atoms with Crippen molar-refractivity contribution in [2.75, 3.05) is 13.2 Å². The van der Waals surface area contributed by atoms with Crippen molar-refractivity contribution in [2.24, 2.45) is 0 Å². The molecule has 2 heterocycles. The molecule has 0 aliphatic carbocycles. The van der Waals surface area contributed by atoms with E-state index in [4.69, 9.17) is 4.74 Å². The summed E-state index contributed by atoms with van der Waals surface area (Å²) in [6.45, 7) is 3.03. The molecule has 0 aromatic heterocycles. The highest BCUT2D eigenvalue weighted by Gasteiger charge is 2.40. The second-order valence-corrected chi connectivity index (χ2v) is 7.92. The molecule has 0 N–H and O–H groups in total. The first-order valence-corrected chi connectivity index (χ1v) is 9.97. The van der Waals surface area contributed by atoms with E-state index in [1.54, 1.807) is 0 Å². The molecule has 2 aliphatic rings. The maximum atomic E-state index is 13.2. The predicted octanol–water partition coefficient (Wildman–Crippen LogP) is 4.05. The Morgan fingerprint density at radius 1 is 1.04 bits per heavy atom. The second-order valence-electron chi connectivity index (χ2n) is 6.84. The summed E-state index contributed by atoms with van der Waals surface area (Å²) in [6, 6.07) is 17.5. The van der Waals surface area contributed by atoms with Gasteiger partial charge in [-0.1, -0.05) is 59.8 Å². The van der Waals surface area contributed by atoms with Gasteiger partial charge in [0, 0.05) is 11.5 Å². The van der Waals surface area contributed by atoms with Crippen LogP contribution in [0.3, 0.4) is 0 Å². The zero-order valence-electron chi connectivity index (χ0n) is 15.2. The van der Waals surface area contributed by atoms with E-state index in [1.165, 1.54) is 16.7 Å². The lowest BCUT2D eigenvalue weighted by Gasteiger charge is -2.19. The third-order valence-electron chi connectivity index (χ3n) is 4.84. The molecule has 2 amide bonds. The summed E-state index contributed by atoms with van der Waals surface area (Å²) in [7, 11) is 0. The van der Waals surface area contributed by atoms with E-state index in [9.17, 15) is 9.59 Å². The Hall–Kier alpha value is -2.37. The number of carbonyl (C=O) groups excluding carboxylic acids is 2. The Kier molecular flexibility index (Phi) is 5.14. The first-order valence-electron chi connectivity index (χ1n) is 9.15. The van der Waals surface area contributed by atoms with Gasteiger partial charge in [-0.15, -0.1) is 0 Å². The highest BCUT2D eigenvalue weighted by Crippen LogP contribution is 2.40. The first-order chi connectivity index (χ1) is 13.1. The number of ether oxygens (including phenoxy) is 1. The Balaban J connectivity index is 1.70. The van der Waals surface area contributed by atoms with Gasteiger partial charge in [-0.2, -0.15) is 0 Å².